The molecule has 0 unspecified atom stereocenters. The zero-order valence-electron chi connectivity index (χ0n) is 9.37. The highest BCUT2D eigenvalue weighted by atomic mass is 35.5. The van der Waals surface area contributed by atoms with Crippen LogP contribution in [-0.2, 0) is 4.79 Å². The molecule has 16 heavy (non-hydrogen) atoms. The first-order chi connectivity index (χ1) is 7.45. The number of rotatable bonds is 3. The number of methoxy groups -OCH3 is 1. The Morgan fingerprint density at radius 3 is 2.62 bits per heavy atom. The van der Waals surface area contributed by atoms with E-state index in [-0.39, 0.29) is 5.57 Å². The summed E-state index contributed by atoms with van der Waals surface area (Å²) in [4.78, 5) is 10.7. The van der Waals surface area contributed by atoms with Gasteiger partial charge < -0.3 is 9.84 Å². The molecule has 1 rings (SSSR count). The Morgan fingerprint density at radius 2 is 2.12 bits per heavy atom. The molecule has 0 fully saturated rings. The van der Waals surface area contributed by atoms with Crippen molar-refractivity contribution >= 4 is 23.6 Å². The molecule has 0 bridgehead atoms. The highest BCUT2D eigenvalue weighted by Crippen LogP contribution is 2.28. The van der Waals surface area contributed by atoms with Gasteiger partial charge in [0.25, 0.3) is 0 Å². The molecule has 0 aliphatic heterocycles. The second kappa shape index (κ2) is 5.03. The van der Waals surface area contributed by atoms with Crippen LogP contribution in [0.15, 0.2) is 17.7 Å². The molecule has 1 aromatic rings. The number of aliphatic carboxylic acids is 1. The van der Waals surface area contributed by atoms with E-state index >= 15 is 0 Å². The van der Waals surface area contributed by atoms with Crippen molar-refractivity contribution < 1.29 is 14.6 Å². The molecule has 0 saturated heterocycles. The van der Waals surface area contributed by atoms with E-state index < -0.39 is 5.97 Å². The maximum absolute atomic E-state index is 10.7. The van der Waals surface area contributed by atoms with Gasteiger partial charge in [0.1, 0.15) is 5.75 Å². The lowest BCUT2D eigenvalue weighted by molar-refractivity contribution is -0.132. The van der Waals surface area contributed by atoms with Gasteiger partial charge in [0.15, 0.2) is 0 Å². The Hall–Kier alpha value is -1.48. The summed E-state index contributed by atoms with van der Waals surface area (Å²) in [5, 5.41) is 9.25. The number of aryl methyl sites for hydroxylation is 1. The fourth-order valence-electron chi connectivity index (χ4n) is 1.28. The summed E-state index contributed by atoms with van der Waals surface area (Å²) in [5.74, 6) is -0.351. The third-order valence-electron chi connectivity index (χ3n) is 2.25. The molecule has 0 saturated carbocycles. The minimum Gasteiger partial charge on any atom is -0.495 e. The van der Waals surface area contributed by atoms with E-state index in [0.29, 0.717) is 10.8 Å². The topological polar surface area (TPSA) is 46.5 Å². The van der Waals surface area contributed by atoms with E-state index in [1.807, 2.05) is 6.92 Å². The molecule has 1 aromatic carbocycles. The van der Waals surface area contributed by atoms with Crippen LogP contribution in [-0.4, -0.2) is 18.2 Å². The zero-order chi connectivity index (χ0) is 12.3. The van der Waals surface area contributed by atoms with Crippen LogP contribution in [0, 0.1) is 6.92 Å². The van der Waals surface area contributed by atoms with Gasteiger partial charge in [-0.2, -0.15) is 0 Å². The Bertz CT molecular complexity index is 450. The van der Waals surface area contributed by atoms with Gasteiger partial charge in [0.2, 0.25) is 0 Å². The third kappa shape index (κ3) is 2.76. The molecule has 0 aromatic heterocycles. The Balaban J connectivity index is 3.21. The maximum atomic E-state index is 10.7. The van der Waals surface area contributed by atoms with E-state index in [1.54, 1.807) is 32.2 Å². The first kappa shape index (κ1) is 12.6. The largest absolute Gasteiger partial charge is 0.495 e. The number of carboxylic acids is 1. The highest BCUT2D eigenvalue weighted by Gasteiger charge is 2.06. The predicted molar refractivity (Wildman–Crippen MR) is 64.0 cm³/mol. The van der Waals surface area contributed by atoms with Crippen molar-refractivity contribution in [3.05, 3.63) is 33.9 Å². The predicted octanol–water partition coefficient (Wildman–Crippen LogP) is 3.14. The minimum atomic E-state index is -0.939. The summed E-state index contributed by atoms with van der Waals surface area (Å²) in [7, 11) is 1.54. The molecule has 4 heteroatoms. The number of hydrogen-bond donors (Lipinski definition) is 1. The van der Waals surface area contributed by atoms with Crippen molar-refractivity contribution in [3.63, 3.8) is 0 Å². The van der Waals surface area contributed by atoms with E-state index in [9.17, 15) is 4.79 Å². The minimum absolute atomic E-state index is 0.268. The number of carbonyl (C=O) groups is 1. The SMILES string of the molecule is COc1cc(C)c(/C=C(\C)C(=O)O)cc1Cl. The van der Waals surface area contributed by atoms with Crippen LogP contribution in [0.3, 0.4) is 0 Å². The maximum Gasteiger partial charge on any atom is 0.331 e. The van der Waals surface area contributed by atoms with Gasteiger partial charge in [-0.3, -0.25) is 0 Å². The van der Waals surface area contributed by atoms with Gasteiger partial charge in [-0.1, -0.05) is 11.6 Å². The fraction of sp³-hybridized carbons (Fsp3) is 0.250. The van der Waals surface area contributed by atoms with Crippen LogP contribution >= 0.6 is 11.6 Å². The molecule has 0 radical (unpaired) electrons. The van der Waals surface area contributed by atoms with Crippen LogP contribution in [0.5, 0.6) is 5.75 Å². The number of hydrogen-bond acceptors (Lipinski definition) is 2. The second-order valence-electron chi connectivity index (χ2n) is 3.48. The number of carboxylic acid groups (broad SMARTS) is 1. The van der Waals surface area contributed by atoms with Crippen LogP contribution in [0.2, 0.25) is 5.02 Å². The number of ether oxygens (including phenoxy) is 1. The van der Waals surface area contributed by atoms with E-state index in [0.717, 1.165) is 11.1 Å². The van der Waals surface area contributed by atoms with Gasteiger partial charge in [0.05, 0.1) is 12.1 Å². The van der Waals surface area contributed by atoms with Crippen LogP contribution in [0.25, 0.3) is 6.08 Å². The van der Waals surface area contributed by atoms with Crippen molar-refractivity contribution in [2.45, 2.75) is 13.8 Å². The van der Waals surface area contributed by atoms with Crippen molar-refractivity contribution in [2.24, 2.45) is 0 Å². The molecule has 0 heterocycles. The van der Waals surface area contributed by atoms with Crippen molar-refractivity contribution in [2.75, 3.05) is 7.11 Å². The Labute approximate surface area is 99.3 Å². The standard InChI is InChI=1S/C12H13ClO3/c1-7-5-11(16-3)10(13)6-9(7)4-8(2)12(14)15/h4-6H,1-3H3,(H,14,15)/b8-4+. The number of benzene rings is 1. The van der Waals surface area contributed by atoms with Gasteiger partial charge in [0, 0.05) is 5.57 Å². The summed E-state index contributed by atoms with van der Waals surface area (Å²) in [6.07, 6.45) is 1.59. The summed E-state index contributed by atoms with van der Waals surface area (Å²) in [6, 6.07) is 3.48. The molecule has 86 valence electrons. The Kier molecular flexibility index (Phi) is 3.96. The van der Waals surface area contributed by atoms with Crippen LogP contribution in [0.4, 0.5) is 0 Å². The highest BCUT2D eigenvalue weighted by molar-refractivity contribution is 6.32. The lowest BCUT2D eigenvalue weighted by atomic mass is 10.1. The Morgan fingerprint density at radius 1 is 1.50 bits per heavy atom. The lowest BCUT2D eigenvalue weighted by Gasteiger charge is -2.07. The molecule has 0 aliphatic carbocycles. The van der Waals surface area contributed by atoms with E-state index in [4.69, 9.17) is 21.4 Å². The van der Waals surface area contributed by atoms with Crippen molar-refractivity contribution in [1.82, 2.24) is 0 Å². The third-order valence-corrected chi connectivity index (χ3v) is 2.55. The molecule has 0 atom stereocenters. The first-order valence-corrected chi connectivity index (χ1v) is 5.09. The van der Waals surface area contributed by atoms with Crippen molar-refractivity contribution in [1.29, 1.82) is 0 Å². The van der Waals surface area contributed by atoms with E-state index in [2.05, 4.69) is 0 Å². The summed E-state index contributed by atoms with van der Waals surface area (Å²) < 4.78 is 5.06. The molecular weight excluding hydrogens is 228 g/mol. The van der Waals surface area contributed by atoms with Gasteiger partial charge >= 0.3 is 5.97 Å². The smallest absolute Gasteiger partial charge is 0.331 e. The molecule has 0 aliphatic rings. The van der Waals surface area contributed by atoms with Crippen LogP contribution in [0.1, 0.15) is 18.1 Å². The monoisotopic (exact) mass is 240 g/mol. The molecule has 3 nitrogen and oxygen atoms in total. The summed E-state index contributed by atoms with van der Waals surface area (Å²) in [5.41, 5.74) is 1.97. The summed E-state index contributed by atoms with van der Waals surface area (Å²) >= 11 is 5.96. The molecule has 0 spiro atoms. The first-order valence-electron chi connectivity index (χ1n) is 4.71. The normalized spacial score (nSPS) is 11.4. The second-order valence-corrected chi connectivity index (χ2v) is 3.88. The van der Waals surface area contributed by atoms with E-state index in [1.165, 1.54) is 0 Å². The fourth-order valence-corrected chi connectivity index (χ4v) is 1.53. The van der Waals surface area contributed by atoms with Crippen LogP contribution < -0.4 is 4.74 Å². The molecule has 1 N–H and O–H groups in total. The summed E-state index contributed by atoms with van der Waals surface area (Å²) in [6.45, 7) is 3.42. The molecule has 0 amide bonds. The quantitative estimate of drug-likeness (QED) is 0.826. The van der Waals surface area contributed by atoms with Gasteiger partial charge in [-0.05, 0) is 43.2 Å². The molecular formula is C12H13ClO3. The van der Waals surface area contributed by atoms with Crippen molar-refractivity contribution in [3.8, 4) is 5.75 Å². The van der Waals surface area contributed by atoms with Gasteiger partial charge in [-0.15, -0.1) is 0 Å². The number of halogens is 1. The lowest BCUT2D eigenvalue weighted by Crippen LogP contribution is -1.96. The zero-order valence-corrected chi connectivity index (χ0v) is 10.1. The average Bonchev–Trinajstić information content (AvgIpc) is 2.22. The average molecular weight is 241 g/mol. The van der Waals surface area contributed by atoms with Gasteiger partial charge in [-0.25, -0.2) is 4.79 Å².